The zero-order valence-corrected chi connectivity index (χ0v) is 30.3. The zero-order valence-electron chi connectivity index (χ0n) is 29.4. The van der Waals surface area contributed by atoms with Crippen LogP contribution in [0.15, 0.2) is 48.6 Å². The molecule has 5 unspecified atom stereocenters. The highest BCUT2D eigenvalue weighted by Crippen LogP contribution is 2.47. The number of fused-ring (bicyclic) bond motifs is 3. The van der Waals surface area contributed by atoms with E-state index in [4.69, 9.17) is 19.4 Å². The van der Waals surface area contributed by atoms with E-state index in [1.165, 1.54) is 26.0 Å². The number of nitrogens with one attached hydrogen (secondary N) is 2. The Morgan fingerprint density at radius 1 is 1.12 bits per heavy atom. The van der Waals surface area contributed by atoms with Gasteiger partial charge in [0.2, 0.25) is 27.7 Å². The molecule has 0 bridgehead atoms. The molecular weight excluding hydrogens is 678 g/mol. The fourth-order valence-electron chi connectivity index (χ4n) is 7.06. The van der Waals surface area contributed by atoms with Gasteiger partial charge in [0.15, 0.2) is 5.82 Å². The van der Waals surface area contributed by atoms with E-state index in [0.717, 1.165) is 18.4 Å². The average molecular weight is 722 g/mol. The highest BCUT2D eigenvalue weighted by molar-refractivity contribution is 7.90. The lowest BCUT2D eigenvalue weighted by Crippen LogP contribution is -2.54. The van der Waals surface area contributed by atoms with Gasteiger partial charge in [-0.2, -0.15) is 4.98 Å². The molecule has 3 aliphatic rings. The second-order valence-corrected chi connectivity index (χ2v) is 16.3. The third-order valence-electron chi connectivity index (χ3n) is 10.3. The minimum Gasteiger partial charge on any atom is -0.496 e. The second-order valence-electron chi connectivity index (χ2n) is 14.1. The number of carbonyl (C=O) groups is 3. The number of hydrogen-bond donors (Lipinski definition) is 2. The van der Waals surface area contributed by atoms with Crippen LogP contribution in [0.4, 0.5) is 4.39 Å². The Morgan fingerprint density at radius 2 is 1.88 bits per heavy atom. The zero-order chi connectivity index (χ0) is 36.7. The molecule has 2 fully saturated rings. The standard InChI is InChI=1S/C37H44FN5O7S/c1-21(2)51(47,48)42-36(46)37-20-24(37)12-8-6-7-9-16-43(4)35(45)29-19-26(18-28(29)33(44)41-37)50-34-27-14-15-30(49-5)22(3)31(27)39-32(40-34)23-11-10-13-25(38)17-23/h8,10-15,17,21,24,26,28-29H,6-7,9,16,18-20H2,1-5H3,(H,41,44)(H,42,46)/b12-8-. The van der Waals surface area contributed by atoms with E-state index in [9.17, 15) is 27.2 Å². The molecule has 3 amide bonds. The molecule has 0 saturated heterocycles. The van der Waals surface area contributed by atoms with E-state index in [-0.39, 0.29) is 36.9 Å². The largest absolute Gasteiger partial charge is 0.496 e. The lowest BCUT2D eigenvalue weighted by atomic mass is 9.93. The van der Waals surface area contributed by atoms with E-state index in [1.807, 2.05) is 19.1 Å². The molecule has 2 heterocycles. The highest BCUT2D eigenvalue weighted by atomic mass is 32.2. The van der Waals surface area contributed by atoms with Crippen LogP contribution in [0.25, 0.3) is 22.3 Å². The molecule has 2 aromatic carbocycles. The van der Waals surface area contributed by atoms with E-state index in [2.05, 4.69) is 10.0 Å². The number of amides is 3. The van der Waals surface area contributed by atoms with Crippen LogP contribution in [0.3, 0.4) is 0 Å². The number of sulfonamides is 1. The number of halogens is 1. The maximum absolute atomic E-state index is 14.3. The smallest absolute Gasteiger partial charge is 0.259 e. The Hall–Kier alpha value is -4.59. The highest BCUT2D eigenvalue weighted by Gasteiger charge is 2.62. The summed E-state index contributed by atoms with van der Waals surface area (Å²) in [6, 6.07) is 9.47. The molecule has 1 aliphatic heterocycles. The monoisotopic (exact) mass is 721 g/mol. The van der Waals surface area contributed by atoms with Gasteiger partial charge in [-0.25, -0.2) is 17.8 Å². The average Bonchev–Trinajstić information content (AvgIpc) is 3.62. The molecule has 6 rings (SSSR count). The van der Waals surface area contributed by atoms with Crippen molar-refractivity contribution in [2.24, 2.45) is 17.8 Å². The summed E-state index contributed by atoms with van der Waals surface area (Å²) in [7, 11) is -0.689. The van der Waals surface area contributed by atoms with Crippen LogP contribution in [0.1, 0.15) is 57.9 Å². The minimum absolute atomic E-state index is 0.133. The lowest BCUT2D eigenvalue weighted by molar-refractivity contribution is -0.140. The third kappa shape index (κ3) is 7.28. The number of methoxy groups -OCH3 is 1. The van der Waals surface area contributed by atoms with E-state index >= 15 is 0 Å². The number of carbonyl (C=O) groups excluding carboxylic acids is 3. The van der Waals surface area contributed by atoms with Gasteiger partial charge in [0.1, 0.15) is 23.2 Å². The van der Waals surface area contributed by atoms with Gasteiger partial charge in [0.25, 0.3) is 5.91 Å². The summed E-state index contributed by atoms with van der Waals surface area (Å²) >= 11 is 0. The number of allylic oxidation sites excluding steroid dienone is 1. The quantitative estimate of drug-likeness (QED) is 0.337. The van der Waals surface area contributed by atoms with E-state index in [1.54, 1.807) is 43.3 Å². The van der Waals surface area contributed by atoms with Gasteiger partial charge >= 0.3 is 0 Å². The molecule has 14 heteroatoms. The van der Waals surface area contributed by atoms with Gasteiger partial charge in [-0.3, -0.25) is 19.1 Å². The van der Waals surface area contributed by atoms with Crippen LogP contribution < -0.4 is 19.5 Å². The van der Waals surface area contributed by atoms with Gasteiger partial charge in [0.05, 0.1) is 35.1 Å². The van der Waals surface area contributed by atoms with E-state index < -0.39 is 62.3 Å². The Labute approximate surface area is 297 Å². The minimum atomic E-state index is -3.96. The normalized spacial score (nSPS) is 26.1. The molecule has 2 aliphatic carbocycles. The van der Waals surface area contributed by atoms with Crippen molar-refractivity contribution >= 4 is 38.6 Å². The molecule has 2 saturated carbocycles. The molecule has 0 radical (unpaired) electrons. The number of ether oxygens (including phenoxy) is 2. The molecular formula is C37H44FN5O7S. The first-order chi connectivity index (χ1) is 24.2. The van der Waals surface area contributed by atoms with Crippen LogP contribution in [0, 0.1) is 30.5 Å². The molecule has 0 spiro atoms. The Kier molecular flexibility index (Phi) is 10.1. The Balaban J connectivity index is 1.35. The second kappa shape index (κ2) is 14.2. The van der Waals surface area contributed by atoms with Crippen LogP contribution in [-0.4, -0.2) is 78.6 Å². The fraction of sp³-hybridized carbons (Fsp3) is 0.486. The molecule has 272 valence electrons. The molecule has 51 heavy (non-hydrogen) atoms. The van der Waals surface area contributed by atoms with Crippen LogP contribution in [0.2, 0.25) is 0 Å². The SMILES string of the molecule is COc1ccc2c(OC3CC4C(=O)NC5(C(=O)NS(=O)(=O)C(C)C)CC5/C=C\CCCCN(C)C(=O)C4C3)nc(-c3cccc(F)c3)nc2c1C. The van der Waals surface area contributed by atoms with Gasteiger partial charge in [0, 0.05) is 30.6 Å². The first-order valence-corrected chi connectivity index (χ1v) is 18.9. The maximum Gasteiger partial charge on any atom is 0.259 e. The van der Waals surface area contributed by atoms with Gasteiger partial charge in [-0.15, -0.1) is 0 Å². The summed E-state index contributed by atoms with van der Waals surface area (Å²) in [5, 5.41) is 2.62. The van der Waals surface area contributed by atoms with Crippen molar-refractivity contribution in [1.82, 2.24) is 24.9 Å². The topological polar surface area (TPSA) is 157 Å². The first kappa shape index (κ1) is 36.2. The molecule has 5 atom stereocenters. The number of rotatable bonds is 7. The van der Waals surface area contributed by atoms with Crippen molar-refractivity contribution < 1.29 is 36.7 Å². The third-order valence-corrected chi connectivity index (χ3v) is 12.0. The van der Waals surface area contributed by atoms with Gasteiger partial charge in [-0.1, -0.05) is 24.3 Å². The van der Waals surface area contributed by atoms with Crippen LogP contribution in [0.5, 0.6) is 11.6 Å². The number of benzene rings is 2. The van der Waals surface area contributed by atoms with Crippen molar-refractivity contribution in [2.75, 3.05) is 20.7 Å². The van der Waals surface area contributed by atoms with Crippen molar-refractivity contribution in [3.8, 4) is 23.0 Å². The predicted molar refractivity (Wildman–Crippen MR) is 189 cm³/mol. The molecule has 2 N–H and O–H groups in total. The first-order valence-electron chi connectivity index (χ1n) is 17.3. The Morgan fingerprint density at radius 3 is 2.61 bits per heavy atom. The fourth-order valence-corrected chi connectivity index (χ4v) is 7.73. The predicted octanol–water partition coefficient (Wildman–Crippen LogP) is 4.45. The summed E-state index contributed by atoms with van der Waals surface area (Å²) in [6.45, 7) is 5.30. The van der Waals surface area contributed by atoms with Crippen molar-refractivity contribution in [1.29, 1.82) is 0 Å². The maximum atomic E-state index is 14.3. The molecule has 1 aromatic heterocycles. The summed E-state index contributed by atoms with van der Waals surface area (Å²) in [4.78, 5) is 52.8. The van der Waals surface area contributed by atoms with Crippen molar-refractivity contribution in [3.63, 3.8) is 0 Å². The number of aryl methyl sites for hydroxylation is 1. The number of nitrogens with zero attached hydrogens (tertiary/aromatic N) is 3. The molecule has 3 aromatic rings. The summed E-state index contributed by atoms with van der Waals surface area (Å²) in [5.41, 5.74) is 0.251. The van der Waals surface area contributed by atoms with E-state index in [0.29, 0.717) is 35.2 Å². The number of hydrogen-bond acceptors (Lipinski definition) is 9. The van der Waals surface area contributed by atoms with Gasteiger partial charge in [-0.05, 0) is 83.6 Å². The van der Waals surface area contributed by atoms with Crippen molar-refractivity contribution in [3.05, 3.63) is 59.9 Å². The summed E-state index contributed by atoms with van der Waals surface area (Å²) < 4.78 is 53.9. The lowest BCUT2D eigenvalue weighted by Gasteiger charge is -2.27. The van der Waals surface area contributed by atoms with Crippen LogP contribution in [-0.2, 0) is 24.4 Å². The summed E-state index contributed by atoms with van der Waals surface area (Å²) in [6.07, 6.45) is 6.01. The van der Waals surface area contributed by atoms with Crippen LogP contribution >= 0.6 is 0 Å². The Bertz CT molecular complexity index is 2000. The number of aromatic nitrogens is 2. The summed E-state index contributed by atoms with van der Waals surface area (Å²) in [5.74, 6) is -2.98. The molecule has 12 nitrogen and oxygen atoms in total. The van der Waals surface area contributed by atoms with Crippen molar-refractivity contribution in [2.45, 2.75) is 76.2 Å². The van der Waals surface area contributed by atoms with Gasteiger partial charge < -0.3 is 19.7 Å².